The van der Waals surface area contributed by atoms with Crippen LogP contribution in [0.5, 0.6) is 0 Å². The van der Waals surface area contributed by atoms with Gasteiger partial charge >= 0.3 is 0 Å². The molecule has 6 heteroatoms. The number of nitrogens with one attached hydrogen (secondary N) is 2. The monoisotopic (exact) mass is 310 g/mol. The van der Waals surface area contributed by atoms with E-state index in [0.29, 0.717) is 15.9 Å². The van der Waals surface area contributed by atoms with Gasteiger partial charge in [-0.1, -0.05) is 30.1 Å². The van der Waals surface area contributed by atoms with Crippen molar-refractivity contribution in [1.82, 2.24) is 9.97 Å². The Labute approximate surface area is 128 Å². The maximum atomic E-state index is 6.15. The summed E-state index contributed by atoms with van der Waals surface area (Å²) in [6.07, 6.45) is 1.83. The van der Waals surface area contributed by atoms with Gasteiger partial charge in [-0.3, -0.25) is 0 Å². The Hall–Kier alpha value is -1.52. The van der Waals surface area contributed by atoms with Gasteiger partial charge in [-0.25, -0.2) is 9.97 Å². The summed E-state index contributed by atoms with van der Waals surface area (Å²) in [6, 6.07) is 7.14. The lowest BCUT2D eigenvalue weighted by atomic mass is 10.3. The van der Waals surface area contributed by atoms with E-state index < -0.39 is 0 Å². The highest BCUT2D eigenvalue weighted by atomic mass is 35.5. The molecular formula is C14H16Cl2N4. The van der Waals surface area contributed by atoms with Gasteiger partial charge in [-0.15, -0.1) is 0 Å². The molecule has 1 aromatic heterocycles. The number of hydrogen-bond donors (Lipinski definition) is 2. The molecule has 0 radical (unpaired) electrons. The molecule has 1 aromatic carbocycles. The van der Waals surface area contributed by atoms with Crippen LogP contribution in [0.2, 0.25) is 10.0 Å². The number of anilines is 3. The fourth-order valence-electron chi connectivity index (χ4n) is 1.75. The Kier molecular flexibility index (Phi) is 5.04. The van der Waals surface area contributed by atoms with Crippen molar-refractivity contribution in [2.75, 3.05) is 17.7 Å². The van der Waals surface area contributed by atoms with Gasteiger partial charge in [0.05, 0.1) is 10.7 Å². The largest absolute Gasteiger partial charge is 0.373 e. The van der Waals surface area contributed by atoms with Gasteiger partial charge in [-0.05, 0) is 24.6 Å². The average molecular weight is 311 g/mol. The molecule has 106 valence electrons. The molecule has 0 bridgehead atoms. The second-order valence-corrected chi connectivity index (χ2v) is 5.15. The lowest BCUT2D eigenvalue weighted by molar-refractivity contribution is 0.838. The molecule has 1 heterocycles. The zero-order valence-corrected chi connectivity index (χ0v) is 12.9. The van der Waals surface area contributed by atoms with Crippen molar-refractivity contribution in [3.05, 3.63) is 40.1 Å². The van der Waals surface area contributed by atoms with Gasteiger partial charge in [0, 0.05) is 24.6 Å². The van der Waals surface area contributed by atoms with Crippen molar-refractivity contribution in [3.8, 4) is 0 Å². The van der Waals surface area contributed by atoms with Gasteiger partial charge in [-0.2, -0.15) is 0 Å². The molecule has 0 spiro atoms. The molecule has 2 aromatic rings. The number of hydrogen-bond acceptors (Lipinski definition) is 4. The Bertz CT molecular complexity index is 602. The Morgan fingerprint density at radius 3 is 2.50 bits per heavy atom. The van der Waals surface area contributed by atoms with Crippen LogP contribution in [0, 0.1) is 0 Å². The van der Waals surface area contributed by atoms with Gasteiger partial charge in [0.2, 0.25) is 0 Å². The predicted molar refractivity (Wildman–Crippen MR) is 85.3 cm³/mol. The van der Waals surface area contributed by atoms with E-state index in [2.05, 4.69) is 27.5 Å². The van der Waals surface area contributed by atoms with Gasteiger partial charge < -0.3 is 10.6 Å². The highest BCUT2D eigenvalue weighted by molar-refractivity contribution is 6.36. The van der Waals surface area contributed by atoms with Crippen molar-refractivity contribution in [1.29, 1.82) is 0 Å². The van der Waals surface area contributed by atoms with E-state index in [4.69, 9.17) is 23.2 Å². The third-order valence-electron chi connectivity index (χ3n) is 2.70. The number of benzene rings is 1. The fourth-order valence-corrected chi connectivity index (χ4v) is 2.21. The molecule has 0 unspecified atom stereocenters. The number of aromatic nitrogens is 2. The second-order valence-electron chi connectivity index (χ2n) is 4.30. The molecule has 4 nitrogen and oxygen atoms in total. The van der Waals surface area contributed by atoms with Crippen LogP contribution in [0.25, 0.3) is 0 Å². The van der Waals surface area contributed by atoms with Crippen molar-refractivity contribution < 1.29 is 0 Å². The molecule has 0 fully saturated rings. The van der Waals surface area contributed by atoms with Crippen molar-refractivity contribution >= 4 is 40.5 Å². The van der Waals surface area contributed by atoms with E-state index in [1.54, 1.807) is 12.1 Å². The fraction of sp³-hybridized carbons (Fsp3) is 0.286. The standard InChI is InChI=1S/C14H16Cl2N4/c1-3-4-12-19-13(17-2)8-14(20-12)18-11-6-5-9(15)7-10(11)16/h5-8H,3-4H2,1-2H3,(H2,17,18,19,20). The maximum absolute atomic E-state index is 6.15. The summed E-state index contributed by atoms with van der Waals surface area (Å²) in [4.78, 5) is 8.88. The molecule has 0 aliphatic carbocycles. The number of aryl methyl sites for hydroxylation is 1. The minimum Gasteiger partial charge on any atom is -0.373 e. The van der Waals surface area contributed by atoms with Crippen molar-refractivity contribution in [2.45, 2.75) is 19.8 Å². The highest BCUT2D eigenvalue weighted by Gasteiger charge is 2.06. The maximum Gasteiger partial charge on any atom is 0.136 e. The average Bonchev–Trinajstić information content (AvgIpc) is 2.42. The SMILES string of the molecule is CCCc1nc(NC)cc(Nc2ccc(Cl)cc2Cl)n1. The Morgan fingerprint density at radius 2 is 1.85 bits per heavy atom. The van der Waals surface area contributed by atoms with Gasteiger partial charge in [0.15, 0.2) is 0 Å². The first-order chi connectivity index (χ1) is 9.62. The second kappa shape index (κ2) is 6.77. The summed E-state index contributed by atoms with van der Waals surface area (Å²) in [5.74, 6) is 2.28. The first-order valence-electron chi connectivity index (χ1n) is 6.40. The molecule has 0 aliphatic rings. The zero-order valence-electron chi connectivity index (χ0n) is 11.4. The van der Waals surface area contributed by atoms with Crippen LogP contribution in [0.4, 0.5) is 17.3 Å². The summed E-state index contributed by atoms with van der Waals surface area (Å²) in [5, 5.41) is 7.38. The smallest absolute Gasteiger partial charge is 0.136 e. The lowest BCUT2D eigenvalue weighted by Crippen LogP contribution is -2.04. The molecule has 2 N–H and O–H groups in total. The summed E-state index contributed by atoms with van der Waals surface area (Å²) in [5.41, 5.74) is 0.763. The van der Waals surface area contributed by atoms with Crippen LogP contribution in [-0.4, -0.2) is 17.0 Å². The lowest BCUT2D eigenvalue weighted by Gasteiger charge is -2.11. The predicted octanol–water partition coefficient (Wildman–Crippen LogP) is 4.52. The van der Waals surface area contributed by atoms with Crippen LogP contribution in [0.1, 0.15) is 19.2 Å². The molecule has 0 aliphatic heterocycles. The van der Waals surface area contributed by atoms with Crippen LogP contribution >= 0.6 is 23.2 Å². The summed E-state index contributed by atoms with van der Waals surface area (Å²) in [6.45, 7) is 2.10. The molecule has 0 saturated heterocycles. The van der Waals surface area contributed by atoms with E-state index >= 15 is 0 Å². The zero-order chi connectivity index (χ0) is 14.5. The first kappa shape index (κ1) is 14.9. The van der Waals surface area contributed by atoms with Crippen LogP contribution in [0.15, 0.2) is 24.3 Å². The molecule has 20 heavy (non-hydrogen) atoms. The Morgan fingerprint density at radius 1 is 1.10 bits per heavy atom. The minimum atomic E-state index is 0.555. The first-order valence-corrected chi connectivity index (χ1v) is 7.15. The third kappa shape index (κ3) is 3.74. The molecular weight excluding hydrogens is 295 g/mol. The summed E-state index contributed by atoms with van der Waals surface area (Å²) >= 11 is 12.0. The Balaban J connectivity index is 2.29. The van der Waals surface area contributed by atoms with Crippen LogP contribution < -0.4 is 10.6 Å². The van der Waals surface area contributed by atoms with E-state index in [0.717, 1.165) is 30.2 Å². The van der Waals surface area contributed by atoms with Gasteiger partial charge in [0.25, 0.3) is 0 Å². The van der Waals surface area contributed by atoms with Crippen molar-refractivity contribution in [2.24, 2.45) is 0 Å². The summed E-state index contributed by atoms with van der Waals surface area (Å²) < 4.78 is 0. The van der Waals surface area contributed by atoms with E-state index in [1.807, 2.05) is 19.2 Å². The van der Waals surface area contributed by atoms with Crippen molar-refractivity contribution in [3.63, 3.8) is 0 Å². The van der Waals surface area contributed by atoms with E-state index in [1.165, 1.54) is 0 Å². The quantitative estimate of drug-likeness (QED) is 0.852. The number of rotatable bonds is 5. The van der Waals surface area contributed by atoms with E-state index in [-0.39, 0.29) is 0 Å². The van der Waals surface area contributed by atoms with E-state index in [9.17, 15) is 0 Å². The summed E-state index contributed by atoms with van der Waals surface area (Å²) in [7, 11) is 1.83. The third-order valence-corrected chi connectivity index (χ3v) is 3.24. The molecule has 0 amide bonds. The molecule has 0 atom stereocenters. The topological polar surface area (TPSA) is 49.8 Å². The molecule has 0 saturated carbocycles. The highest BCUT2D eigenvalue weighted by Crippen LogP contribution is 2.28. The van der Waals surface area contributed by atoms with Crippen LogP contribution in [-0.2, 0) is 6.42 Å². The number of nitrogens with zero attached hydrogens (tertiary/aromatic N) is 2. The van der Waals surface area contributed by atoms with Gasteiger partial charge in [0.1, 0.15) is 17.5 Å². The molecule has 2 rings (SSSR count). The number of halogens is 2. The minimum absolute atomic E-state index is 0.555. The normalized spacial score (nSPS) is 10.4. The van der Waals surface area contributed by atoms with Crippen LogP contribution in [0.3, 0.4) is 0 Å².